The van der Waals surface area contributed by atoms with Crippen LogP contribution in [0.2, 0.25) is 5.02 Å². The van der Waals surface area contributed by atoms with Crippen molar-refractivity contribution < 1.29 is 9.53 Å². The van der Waals surface area contributed by atoms with Crippen LogP contribution in [0.3, 0.4) is 0 Å². The van der Waals surface area contributed by atoms with Crippen LogP contribution in [0.5, 0.6) is 0 Å². The van der Waals surface area contributed by atoms with Gasteiger partial charge in [-0.05, 0) is 65.2 Å². The fraction of sp³-hybridized carbons (Fsp3) is 0.611. The van der Waals surface area contributed by atoms with Gasteiger partial charge in [-0.3, -0.25) is 0 Å². The predicted molar refractivity (Wildman–Crippen MR) is 95.1 cm³/mol. The third-order valence-electron chi connectivity index (χ3n) is 3.87. The highest BCUT2D eigenvalue weighted by Gasteiger charge is 2.32. The summed E-state index contributed by atoms with van der Waals surface area (Å²) in [5.74, 6) is 0. The molecule has 1 saturated heterocycles. The number of rotatable bonds is 4. The van der Waals surface area contributed by atoms with Crippen LogP contribution in [0, 0.1) is 0 Å². The number of nitrogens with zero attached hydrogens (tertiary/aromatic N) is 1. The molecule has 1 aliphatic heterocycles. The number of carbonyl (C=O) groups excluding carboxylic acids is 1. The lowest BCUT2D eigenvalue weighted by molar-refractivity contribution is 0.0218. The van der Waals surface area contributed by atoms with Crippen molar-refractivity contribution in [3.8, 4) is 0 Å². The maximum atomic E-state index is 12.3. The van der Waals surface area contributed by atoms with E-state index in [0.29, 0.717) is 0 Å². The van der Waals surface area contributed by atoms with E-state index in [4.69, 9.17) is 16.3 Å². The second-order valence-electron chi connectivity index (χ2n) is 7.26. The summed E-state index contributed by atoms with van der Waals surface area (Å²) in [6, 6.07) is 8.19. The molecule has 23 heavy (non-hydrogen) atoms. The maximum Gasteiger partial charge on any atom is 0.410 e. The van der Waals surface area contributed by atoms with Crippen LogP contribution < -0.4 is 5.32 Å². The van der Waals surface area contributed by atoms with E-state index >= 15 is 0 Å². The SMILES string of the molecule is CC(CC1CCCN1C(=O)OC(C)(C)C)Nc1cccc(Cl)c1. The number of carbonyl (C=O) groups is 1. The number of likely N-dealkylation sites (tertiary alicyclic amines) is 1. The molecule has 1 aliphatic rings. The average molecular weight is 339 g/mol. The molecule has 0 bridgehead atoms. The summed E-state index contributed by atoms with van der Waals surface area (Å²) in [6.45, 7) is 8.62. The Kier molecular flexibility index (Phi) is 5.79. The van der Waals surface area contributed by atoms with Gasteiger partial charge in [0.15, 0.2) is 0 Å². The number of amides is 1. The highest BCUT2D eigenvalue weighted by atomic mass is 35.5. The van der Waals surface area contributed by atoms with Gasteiger partial charge < -0.3 is 15.0 Å². The molecule has 5 heteroatoms. The first kappa shape index (κ1) is 17.9. The fourth-order valence-corrected chi connectivity index (χ4v) is 3.16. The molecular formula is C18H27ClN2O2. The van der Waals surface area contributed by atoms with E-state index < -0.39 is 5.60 Å². The van der Waals surface area contributed by atoms with Gasteiger partial charge in [-0.15, -0.1) is 0 Å². The summed E-state index contributed by atoms with van der Waals surface area (Å²) in [5, 5.41) is 4.17. The summed E-state index contributed by atoms with van der Waals surface area (Å²) >= 11 is 6.02. The molecule has 0 spiro atoms. The van der Waals surface area contributed by atoms with E-state index in [9.17, 15) is 4.79 Å². The average Bonchev–Trinajstić information content (AvgIpc) is 2.84. The molecule has 1 heterocycles. The standard InChI is InChI=1S/C18H27ClN2O2/c1-13(20-15-8-5-7-14(19)12-15)11-16-9-6-10-21(16)17(22)23-18(2,3)4/h5,7-8,12-13,16,20H,6,9-11H2,1-4H3. The molecule has 0 aromatic heterocycles. The largest absolute Gasteiger partial charge is 0.444 e. The van der Waals surface area contributed by atoms with Gasteiger partial charge >= 0.3 is 6.09 Å². The number of nitrogens with one attached hydrogen (secondary N) is 1. The normalized spacial score (nSPS) is 19.5. The Morgan fingerprint density at radius 2 is 2.22 bits per heavy atom. The first-order chi connectivity index (χ1) is 10.7. The number of ether oxygens (including phenoxy) is 1. The Labute approximate surface area is 144 Å². The van der Waals surface area contributed by atoms with Crippen LogP contribution in [0.4, 0.5) is 10.5 Å². The molecule has 0 radical (unpaired) electrons. The number of benzene rings is 1. The minimum absolute atomic E-state index is 0.199. The van der Waals surface area contributed by atoms with Crippen LogP contribution in [0.1, 0.15) is 47.0 Å². The number of hydrogen-bond donors (Lipinski definition) is 1. The highest BCUT2D eigenvalue weighted by Crippen LogP contribution is 2.25. The second kappa shape index (κ2) is 7.43. The van der Waals surface area contributed by atoms with Crippen LogP contribution in [0.15, 0.2) is 24.3 Å². The highest BCUT2D eigenvalue weighted by molar-refractivity contribution is 6.30. The van der Waals surface area contributed by atoms with Gasteiger partial charge in [-0.25, -0.2) is 4.79 Å². The van der Waals surface area contributed by atoms with Crippen molar-refractivity contribution in [1.29, 1.82) is 0 Å². The Balaban J connectivity index is 1.91. The molecular weight excluding hydrogens is 312 g/mol. The van der Waals surface area contributed by atoms with E-state index in [1.165, 1.54) is 0 Å². The van der Waals surface area contributed by atoms with E-state index in [-0.39, 0.29) is 18.2 Å². The van der Waals surface area contributed by atoms with Gasteiger partial charge in [0.1, 0.15) is 5.60 Å². The smallest absolute Gasteiger partial charge is 0.410 e. The third-order valence-corrected chi connectivity index (χ3v) is 4.10. The minimum Gasteiger partial charge on any atom is -0.444 e. The Morgan fingerprint density at radius 1 is 1.48 bits per heavy atom. The van der Waals surface area contributed by atoms with Crippen molar-refractivity contribution in [1.82, 2.24) is 4.90 Å². The maximum absolute atomic E-state index is 12.3. The lowest BCUT2D eigenvalue weighted by Gasteiger charge is -2.30. The summed E-state index contributed by atoms with van der Waals surface area (Å²) in [4.78, 5) is 14.2. The van der Waals surface area contributed by atoms with Crippen molar-refractivity contribution in [3.63, 3.8) is 0 Å². The molecule has 4 nitrogen and oxygen atoms in total. The van der Waals surface area contributed by atoms with Crippen molar-refractivity contribution in [2.75, 3.05) is 11.9 Å². The van der Waals surface area contributed by atoms with Crippen molar-refractivity contribution in [2.45, 2.75) is 64.6 Å². The molecule has 2 atom stereocenters. The van der Waals surface area contributed by atoms with E-state index in [0.717, 1.165) is 36.5 Å². The Morgan fingerprint density at radius 3 is 2.87 bits per heavy atom. The molecule has 1 aromatic rings. The fourth-order valence-electron chi connectivity index (χ4n) is 2.97. The molecule has 1 aromatic carbocycles. The molecule has 1 amide bonds. The molecule has 0 aliphatic carbocycles. The monoisotopic (exact) mass is 338 g/mol. The second-order valence-corrected chi connectivity index (χ2v) is 7.70. The van der Waals surface area contributed by atoms with E-state index in [1.54, 1.807) is 0 Å². The lowest BCUT2D eigenvalue weighted by atomic mass is 10.1. The molecule has 2 unspecified atom stereocenters. The van der Waals surface area contributed by atoms with Gasteiger partial charge in [0.2, 0.25) is 0 Å². The van der Waals surface area contributed by atoms with Crippen LogP contribution in [0.25, 0.3) is 0 Å². The van der Waals surface area contributed by atoms with Gasteiger partial charge in [0, 0.05) is 29.3 Å². The van der Waals surface area contributed by atoms with Gasteiger partial charge in [-0.1, -0.05) is 17.7 Å². The van der Waals surface area contributed by atoms with Crippen LogP contribution in [-0.4, -0.2) is 35.2 Å². The van der Waals surface area contributed by atoms with Crippen molar-refractivity contribution >= 4 is 23.4 Å². The van der Waals surface area contributed by atoms with Gasteiger partial charge in [0.25, 0.3) is 0 Å². The summed E-state index contributed by atoms with van der Waals surface area (Å²) in [6.07, 6.45) is 2.76. The number of halogens is 1. The summed E-state index contributed by atoms with van der Waals surface area (Å²) in [7, 11) is 0. The molecule has 128 valence electrons. The molecule has 2 rings (SSSR count). The van der Waals surface area contributed by atoms with Gasteiger partial charge in [-0.2, -0.15) is 0 Å². The number of anilines is 1. The summed E-state index contributed by atoms with van der Waals surface area (Å²) in [5.41, 5.74) is 0.557. The zero-order valence-electron chi connectivity index (χ0n) is 14.4. The van der Waals surface area contributed by atoms with E-state index in [2.05, 4.69) is 12.2 Å². The van der Waals surface area contributed by atoms with Gasteiger partial charge in [0.05, 0.1) is 0 Å². The number of hydrogen-bond acceptors (Lipinski definition) is 3. The van der Waals surface area contributed by atoms with E-state index in [1.807, 2.05) is 49.9 Å². The topological polar surface area (TPSA) is 41.6 Å². The lowest BCUT2D eigenvalue weighted by Crippen LogP contribution is -2.41. The Bertz CT molecular complexity index is 542. The minimum atomic E-state index is -0.450. The first-order valence-corrected chi connectivity index (χ1v) is 8.64. The van der Waals surface area contributed by atoms with Crippen molar-refractivity contribution in [3.05, 3.63) is 29.3 Å². The molecule has 1 fully saturated rings. The Hall–Kier alpha value is -1.42. The molecule has 1 N–H and O–H groups in total. The molecule has 0 saturated carbocycles. The van der Waals surface area contributed by atoms with Crippen LogP contribution >= 0.6 is 11.6 Å². The third kappa shape index (κ3) is 5.61. The van der Waals surface area contributed by atoms with Crippen LogP contribution in [-0.2, 0) is 4.74 Å². The quantitative estimate of drug-likeness (QED) is 0.846. The summed E-state index contributed by atoms with van der Waals surface area (Å²) < 4.78 is 5.52. The van der Waals surface area contributed by atoms with Crippen molar-refractivity contribution in [2.24, 2.45) is 0 Å². The zero-order chi connectivity index (χ0) is 17.0. The zero-order valence-corrected chi connectivity index (χ0v) is 15.2. The first-order valence-electron chi connectivity index (χ1n) is 8.26. The predicted octanol–water partition coefficient (Wildman–Crippen LogP) is 4.93.